The van der Waals surface area contributed by atoms with E-state index in [4.69, 9.17) is 0 Å². The molecule has 1 saturated heterocycles. The zero-order valence-electron chi connectivity index (χ0n) is 17.6. The number of carbonyl (C=O) groups is 1. The van der Waals surface area contributed by atoms with Crippen molar-refractivity contribution in [1.29, 1.82) is 0 Å². The Morgan fingerprint density at radius 1 is 1.30 bits per heavy atom. The summed E-state index contributed by atoms with van der Waals surface area (Å²) < 4.78 is 0. The number of likely N-dealkylation sites (tertiary alicyclic amines) is 1. The van der Waals surface area contributed by atoms with Gasteiger partial charge in [0.2, 0.25) is 5.91 Å². The number of amides is 1. The molecule has 0 radical (unpaired) electrons. The van der Waals surface area contributed by atoms with Crippen molar-refractivity contribution in [3.8, 4) is 11.3 Å². The van der Waals surface area contributed by atoms with Gasteiger partial charge in [0.1, 0.15) is 5.69 Å². The molecule has 1 saturated carbocycles. The van der Waals surface area contributed by atoms with Gasteiger partial charge in [0.15, 0.2) is 0 Å². The van der Waals surface area contributed by atoms with Crippen molar-refractivity contribution in [2.45, 2.75) is 18.9 Å². The molecular formula is C23H29N5O2. The van der Waals surface area contributed by atoms with Crippen LogP contribution in [0.15, 0.2) is 53.6 Å². The van der Waals surface area contributed by atoms with E-state index in [-0.39, 0.29) is 17.5 Å². The van der Waals surface area contributed by atoms with Crippen molar-refractivity contribution in [2.75, 3.05) is 45.2 Å². The van der Waals surface area contributed by atoms with Crippen LogP contribution in [-0.4, -0.2) is 72.0 Å². The fourth-order valence-electron chi connectivity index (χ4n) is 3.69. The van der Waals surface area contributed by atoms with Crippen LogP contribution in [0.4, 0.5) is 5.69 Å². The van der Waals surface area contributed by atoms with E-state index in [9.17, 15) is 9.59 Å². The van der Waals surface area contributed by atoms with Crippen LogP contribution in [0.1, 0.15) is 12.8 Å². The molecule has 2 aromatic heterocycles. The number of carbonyl (C=O) groups excluding carboxylic acids is 1. The van der Waals surface area contributed by atoms with Gasteiger partial charge in [-0.25, -0.2) is 0 Å². The average Bonchev–Trinajstić information content (AvgIpc) is 3.51. The summed E-state index contributed by atoms with van der Waals surface area (Å²) in [6.45, 7) is 2.89. The third kappa shape index (κ3) is 4.79. The molecule has 1 aliphatic heterocycles. The molecule has 1 N–H and O–H groups in total. The summed E-state index contributed by atoms with van der Waals surface area (Å²) in [5.74, 6) is 0.670. The first-order valence-electron chi connectivity index (χ1n) is 10.5. The van der Waals surface area contributed by atoms with Crippen molar-refractivity contribution in [3.63, 3.8) is 0 Å². The Morgan fingerprint density at radius 2 is 2.10 bits per heavy atom. The average molecular weight is 408 g/mol. The Balaban J connectivity index is 1.50. The van der Waals surface area contributed by atoms with Crippen molar-refractivity contribution in [3.05, 3.63) is 59.2 Å². The van der Waals surface area contributed by atoms with Gasteiger partial charge in [0, 0.05) is 50.2 Å². The molecule has 30 heavy (non-hydrogen) atoms. The van der Waals surface area contributed by atoms with E-state index < -0.39 is 0 Å². The minimum atomic E-state index is -0.0917. The number of nitrogens with one attached hydrogen (secondary N) is 1. The Kier molecular flexibility index (Phi) is 5.99. The van der Waals surface area contributed by atoms with Crippen molar-refractivity contribution < 1.29 is 4.79 Å². The van der Waals surface area contributed by atoms with Crippen LogP contribution in [0.5, 0.6) is 0 Å². The van der Waals surface area contributed by atoms with Crippen molar-refractivity contribution >= 4 is 11.6 Å². The zero-order chi connectivity index (χ0) is 21.1. The lowest BCUT2D eigenvalue weighted by Crippen LogP contribution is -2.62. The fourth-order valence-corrected chi connectivity index (χ4v) is 3.69. The number of H-pyrrole nitrogens is 1. The number of rotatable bonds is 8. The smallest absolute Gasteiger partial charge is 0.271 e. The quantitative estimate of drug-likeness (QED) is 0.678. The summed E-state index contributed by atoms with van der Waals surface area (Å²) in [6.07, 6.45) is 9.42. The lowest BCUT2D eigenvalue weighted by atomic mass is 10.0. The second-order valence-corrected chi connectivity index (χ2v) is 8.48. The molecule has 1 amide bonds. The van der Waals surface area contributed by atoms with Gasteiger partial charge in [0.25, 0.3) is 5.56 Å². The summed E-state index contributed by atoms with van der Waals surface area (Å²) in [5, 5.41) is 0. The Hall–Kier alpha value is -2.93. The predicted molar refractivity (Wildman–Crippen MR) is 118 cm³/mol. The monoisotopic (exact) mass is 407 g/mol. The summed E-state index contributed by atoms with van der Waals surface area (Å²) in [6, 6.07) is 7.85. The van der Waals surface area contributed by atoms with Crippen LogP contribution in [0, 0.1) is 5.92 Å². The molecule has 0 unspecified atom stereocenters. The maximum absolute atomic E-state index is 12.7. The van der Waals surface area contributed by atoms with Gasteiger partial charge in [-0.3, -0.25) is 14.6 Å². The van der Waals surface area contributed by atoms with E-state index in [1.165, 1.54) is 12.8 Å². The van der Waals surface area contributed by atoms with Crippen molar-refractivity contribution in [2.24, 2.45) is 5.92 Å². The molecule has 158 valence electrons. The van der Waals surface area contributed by atoms with E-state index >= 15 is 0 Å². The first-order valence-corrected chi connectivity index (χ1v) is 10.5. The number of aromatic amines is 1. The van der Waals surface area contributed by atoms with E-state index in [0.29, 0.717) is 24.7 Å². The lowest BCUT2D eigenvalue weighted by molar-refractivity contribution is -0.130. The number of hydrogen-bond donors (Lipinski definition) is 1. The van der Waals surface area contributed by atoms with E-state index in [1.54, 1.807) is 18.5 Å². The number of aromatic nitrogens is 2. The highest BCUT2D eigenvalue weighted by Gasteiger charge is 2.37. The van der Waals surface area contributed by atoms with E-state index in [0.717, 1.165) is 24.3 Å². The van der Waals surface area contributed by atoms with Gasteiger partial charge in [-0.05, 0) is 51.1 Å². The lowest BCUT2D eigenvalue weighted by Gasteiger charge is -2.46. The summed E-state index contributed by atoms with van der Waals surface area (Å²) >= 11 is 0. The van der Waals surface area contributed by atoms with Crippen LogP contribution in [0.3, 0.4) is 0 Å². The molecular weight excluding hydrogens is 378 g/mol. The third-order valence-electron chi connectivity index (χ3n) is 5.65. The van der Waals surface area contributed by atoms with Gasteiger partial charge >= 0.3 is 0 Å². The fraction of sp³-hybridized carbons (Fsp3) is 0.435. The SMILES string of the molecule is CN(C)C/C=C/C(=O)N1CC(N(CC2CC2)c2cc(-c3ccccn3)c[nH]c2=O)C1. The first-order chi connectivity index (χ1) is 14.5. The molecule has 2 aromatic rings. The number of likely N-dealkylation sites (N-methyl/N-ethyl adjacent to an activating group) is 1. The van der Waals surface area contributed by atoms with Crippen LogP contribution in [-0.2, 0) is 4.79 Å². The number of pyridine rings is 2. The van der Waals surface area contributed by atoms with E-state index in [1.807, 2.05) is 54.2 Å². The van der Waals surface area contributed by atoms with Crippen LogP contribution in [0.25, 0.3) is 11.3 Å². The van der Waals surface area contributed by atoms with Crippen molar-refractivity contribution in [1.82, 2.24) is 19.8 Å². The van der Waals surface area contributed by atoms with Crippen LogP contribution >= 0.6 is 0 Å². The number of hydrogen-bond acceptors (Lipinski definition) is 5. The molecule has 4 rings (SSSR count). The highest BCUT2D eigenvalue weighted by atomic mass is 16.2. The highest BCUT2D eigenvalue weighted by molar-refractivity contribution is 5.88. The Labute approximate surface area is 177 Å². The molecule has 2 aliphatic rings. The minimum absolute atomic E-state index is 0.0376. The molecule has 0 aromatic carbocycles. The molecule has 0 bridgehead atoms. The normalized spacial score (nSPS) is 16.8. The second kappa shape index (κ2) is 8.83. The van der Waals surface area contributed by atoms with Gasteiger partial charge in [-0.15, -0.1) is 0 Å². The highest BCUT2D eigenvalue weighted by Crippen LogP contribution is 2.33. The summed E-state index contributed by atoms with van der Waals surface area (Å²) in [7, 11) is 3.95. The second-order valence-electron chi connectivity index (χ2n) is 8.48. The molecule has 0 atom stereocenters. The number of anilines is 1. The van der Waals surface area contributed by atoms with Crippen LogP contribution < -0.4 is 10.5 Å². The molecule has 1 aliphatic carbocycles. The molecule has 3 heterocycles. The Morgan fingerprint density at radius 3 is 2.77 bits per heavy atom. The maximum Gasteiger partial charge on any atom is 0.271 e. The summed E-state index contributed by atoms with van der Waals surface area (Å²) in [4.78, 5) is 38.4. The maximum atomic E-state index is 12.7. The largest absolute Gasteiger partial charge is 0.360 e. The van der Waals surface area contributed by atoms with Gasteiger partial charge in [-0.1, -0.05) is 12.1 Å². The van der Waals surface area contributed by atoms with Crippen LogP contribution in [0.2, 0.25) is 0 Å². The topological polar surface area (TPSA) is 72.5 Å². The van der Waals surface area contributed by atoms with Gasteiger partial charge in [-0.2, -0.15) is 0 Å². The predicted octanol–water partition coefficient (Wildman–Crippen LogP) is 1.98. The molecule has 7 nitrogen and oxygen atoms in total. The Bertz CT molecular complexity index is 959. The first kappa shape index (κ1) is 20.3. The van der Waals surface area contributed by atoms with E-state index in [2.05, 4.69) is 14.9 Å². The van der Waals surface area contributed by atoms with Gasteiger partial charge in [0.05, 0.1) is 11.7 Å². The number of nitrogens with zero attached hydrogens (tertiary/aromatic N) is 4. The molecule has 0 spiro atoms. The minimum Gasteiger partial charge on any atom is -0.360 e. The molecule has 2 fully saturated rings. The molecule has 7 heteroatoms. The third-order valence-corrected chi connectivity index (χ3v) is 5.65. The zero-order valence-corrected chi connectivity index (χ0v) is 17.6. The standard InChI is InChI=1S/C23H29N5O2/c1-26(2)11-5-7-22(29)27-15-19(16-27)28(14-17-8-9-17)21-12-18(13-25-23(21)30)20-6-3-4-10-24-20/h3-7,10,12-13,17,19H,8-9,11,14-16H2,1-2H3,(H,25,30)/b7-5+. The summed E-state index contributed by atoms with van der Waals surface area (Å²) in [5.41, 5.74) is 2.30. The van der Waals surface area contributed by atoms with Gasteiger partial charge < -0.3 is 19.7 Å².